The van der Waals surface area contributed by atoms with Gasteiger partial charge in [-0.25, -0.2) is 9.18 Å². The molecule has 0 aromatic heterocycles. The van der Waals surface area contributed by atoms with Gasteiger partial charge in [-0.3, -0.25) is 0 Å². The Kier molecular flexibility index (Phi) is 2.48. The molecule has 2 fully saturated rings. The summed E-state index contributed by atoms with van der Waals surface area (Å²) in [6, 6.07) is 5.91. The number of carbonyl (C=O) groups is 1. The maximum absolute atomic E-state index is 12.9. The van der Waals surface area contributed by atoms with Gasteiger partial charge in [0.1, 0.15) is 5.82 Å². The normalized spacial score (nSPS) is 29.6. The lowest BCUT2D eigenvalue weighted by Crippen LogP contribution is -2.35. The number of carbonyl (C=O) groups excluding carboxylic acids is 1. The molecule has 1 saturated heterocycles. The Hall–Kier alpha value is -1.62. The molecule has 90 valence electrons. The Morgan fingerprint density at radius 3 is 2.82 bits per heavy atom. The van der Waals surface area contributed by atoms with E-state index in [-0.39, 0.29) is 17.9 Å². The molecule has 0 spiro atoms. The van der Waals surface area contributed by atoms with Crippen LogP contribution >= 0.6 is 0 Å². The Morgan fingerprint density at radius 1 is 1.35 bits per heavy atom. The maximum Gasteiger partial charge on any atom is 0.319 e. The topological polar surface area (TPSA) is 53.2 Å². The van der Waals surface area contributed by atoms with Gasteiger partial charge in [-0.2, -0.15) is 0 Å². The number of halogens is 1. The summed E-state index contributed by atoms with van der Waals surface area (Å²) in [4.78, 5) is 11.6. The molecule has 3 N–H and O–H groups in total. The summed E-state index contributed by atoms with van der Waals surface area (Å²) in [7, 11) is 0. The molecular formula is C12H14FN3O. The molecule has 3 rings (SSSR count). The van der Waals surface area contributed by atoms with E-state index in [1.165, 1.54) is 12.1 Å². The fourth-order valence-electron chi connectivity index (χ4n) is 2.52. The molecule has 2 atom stereocenters. The lowest BCUT2D eigenvalue weighted by atomic mass is 10.3. The SMILES string of the molecule is O=C(Nc1cccc(F)c1)NC1C2CNCC21. The summed E-state index contributed by atoms with van der Waals surface area (Å²) >= 11 is 0. The number of rotatable bonds is 2. The lowest BCUT2D eigenvalue weighted by Gasteiger charge is -2.09. The molecule has 1 heterocycles. The van der Waals surface area contributed by atoms with Crippen molar-refractivity contribution in [2.24, 2.45) is 11.8 Å². The first kappa shape index (κ1) is 10.5. The quantitative estimate of drug-likeness (QED) is 0.720. The molecule has 1 saturated carbocycles. The van der Waals surface area contributed by atoms with Gasteiger partial charge in [0.15, 0.2) is 0 Å². The van der Waals surface area contributed by atoms with Crippen molar-refractivity contribution in [2.75, 3.05) is 18.4 Å². The number of benzene rings is 1. The first-order valence-corrected chi connectivity index (χ1v) is 5.78. The Bertz CT molecular complexity index is 441. The first-order valence-electron chi connectivity index (χ1n) is 5.78. The molecule has 5 heteroatoms. The van der Waals surface area contributed by atoms with E-state index in [0.717, 1.165) is 13.1 Å². The molecule has 1 aromatic carbocycles. The number of nitrogens with one attached hydrogen (secondary N) is 3. The van der Waals surface area contributed by atoms with Crippen molar-refractivity contribution in [1.29, 1.82) is 0 Å². The minimum Gasteiger partial charge on any atom is -0.334 e. The fraction of sp³-hybridized carbons (Fsp3) is 0.417. The van der Waals surface area contributed by atoms with Crippen molar-refractivity contribution in [3.8, 4) is 0 Å². The lowest BCUT2D eigenvalue weighted by molar-refractivity contribution is 0.250. The molecular weight excluding hydrogens is 221 g/mol. The summed E-state index contributed by atoms with van der Waals surface area (Å²) in [5.74, 6) is 0.803. The van der Waals surface area contributed by atoms with E-state index >= 15 is 0 Å². The Morgan fingerprint density at radius 2 is 2.12 bits per heavy atom. The average molecular weight is 235 g/mol. The highest BCUT2D eigenvalue weighted by molar-refractivity contribution is 5.89. The molecule has 1 aliphatic heterocycles. The molecule has 2 aliphatic rings. The summed E-state index contributed by atoms with van der Waals surface area (Å²) < 4.78 is 12.9. The fourth-order valence-corrected chi connectivity index (χ4v) is 2.52. The number of piperidine rings is 1. The third-order valence-electron chi connectivity index (χ3n) is 3.47. The van der Waals surface area contributed by atoms with Crippen molar-refractivity contribution in [3.05, 3.63) is 30.1 Å². The van der Waals surface area contributed by atoms with E-state index in [1.54, 1.807) is 12.1 Å². The van der Waals surface area contributed by atoms with Crippen molar-refractivity contribution in [2.45, 2.75) is 6.04 Å². The summed E-state index contributed by atoms with van der Waals surface area (Å²) in [6.07, 6.45) is 0. The zero-order valence-electron chi connectivity index (χ0n) is 9.24. The van der Waals surface area contributed by atoms with Crippen LogP contribution in [0.2, 0.25) is 0 Å². The highest BCUT2D eigenvalue weighted by atomic mass is 19.1. The van der Waals surface area contributed by atoms with E-state index < -0.39 is 0 Å². The average Bonchev–Trinajstić information content (AvgIpc) is 2.74. The molecule has 2 amide bonds. The summed E-state index contributed by atoms with van der Waals surface area (Å²) in [5, 5.41) is 8.81. The zero-order valence-corrected chi connectivity index (χ0v) is 9.24. The number of hydrogen-bond acceptors (Lipinski definition) is 2. The summed E-state index contributed by atoms with van der Waals surface area (Å²) in [5.41, 5.74) is 0.478. The second-order valence-electron chi connectivity index (χ2n) is 4.62. The van der Waals surface area contributed by atoms with Gasteiger partial charge in [0.25, 0.3) is 0 Å². The number of hydrogen-bond donors (Lipinski definition) is 3. The number of amides is 2. The van der Waals surface area contributed by atoms with Crippen LogP contribution in [-0.2, 0) is 0 Å². The second-order valence-corrected chi connectivity index (χ2v) is 4.62. The van der Waals surface area contributed by atoms with Crippen LogP contribution < -0.4 is 16.0 Å². The third kappa shape index (κ3) is 2.10. The van der Waals surface area contributed by atoms with Crippen LogP contribution in [0.25, 0.3) is 0 Å². The van der Waals surface area contributed by atoms with Crippen LogP contribution in [0.1, 0.15) is 0 Å². The molecule has 4 nitrogen and oxygen atoms in total. The van der Waals surface area contributed by atoms with Gasteiger partial charge in [-0.1, -0.05) is 6.07 Å². The van der Waals surface area contributed by atoms with Crippen molar-refractivity contribution >= 4 is 11.7 Å². The first-order chi connectivity index (χ1) is 8.24. The van der Waals surface area contributed by atoms with Crippen LogP contribution in [0.4, 0.5) is 14.9 Å². The van der Waals surface area contributed by atoms with Gasteiger partial charge in [-0.15, -0.1) is 0 Å². The minimum absolute atomic E-state index is 0.255. The van der Waals surface area contributed by atoms with Crippen LogP contribution in [-0.4, -0.2) is 25.2 Å². The van der Waals surface area contributed by atoms with Gasteiger partial charge < -0.3 is 16.0 Å². The second kappa shape index (κ2) is 4.00. The number of urea groups is 1. The molecule has 1 aliphatic carbocycles. The number of anilines is 1. The zero-order chi connectivity index (χ0) is 11.8. The van der Waals surface area contributed by atoms with Crippen LogP contribution in [0.3, 0.4) is 0 Å². The Labute approximate surface area is 98.6 Å². The largest absolute Gasteiger partial charge is 0.334 e. The van der Waals surface area contributed by atoms with E-state index in [1.807, 2.05) is 0 Å². The van der Waals surface area contributed by atoms with Crippen LogP contribution in [0.5, 0.6) is 0 Å². The molecule has 0 bridgehead atoms. The van der Waals surface area contributed by atoms with Gasteiger partial charge >= 0.3 is 6.03 Å². The standard InChI is InChI=1S/C12H14FN3O/c13-7-2-1-3-8(4-7)15-12(17)16-11-9-5-14-6-10(9)11/h1-4,9-11,14H,5-6H2,(H2,15,16,17). The number of fused-ring (bicyclic) bond motifs is 1. The minimum atomic E-state index is -0.352. The third-order valence-corrected chi connectivity index (χ3v) is 3.47. The highest BCUT2D eigenvalue weighted by Gasteiger charge is 2.53. The van der Waals surface area contributed by atoms with Crippen LogP contribution in [0, 0.1) is 17.7 Å². The predicted molar refractivity (Wildman–Crippen MR) is 62.2 cm³/mol. The van der Waals surface area contributed by atoms with Crippen molar-refractivity contribution < 1.29 is 9.18 Å². The van der Waals surface area contributed by atoms with E-state index in [2.05, 4.69) is 16.0 Å². The molecule has 2 unspecified atom stereocenters. The van der Waals surface area contributed by atoms with E-state index in [0.29, 0.717) is 17.5 Å². The highest BCUT2D eigenvalue weighted by Crippen LogP contribution is 2.41. The van der Waals surface area contributed by atoms with Crippen molar-refractivity contribution in [1.82, 2.24) is 10.6 Å². The van der Waals surface area contributed by atoms with Gasteiger partial charge in [0, 0.05) is 24.8 Å². The molecule has 0 radical (unpaired) electrons. The monoisotopic (exact) mass is 235 g/mol. The predicted octanol–water partition coefficient (Wildman–Crippen LogP) is 1.16. The van der Waals surface area contributed by atoms with Gasteiger partial charge in [0.05, 0.1) is 0 Å². The van der Waals surface area contributed by atoms with Crippen LogP contribution in [0.15, 0.2) is 24.3 Å². The van der Waals surface area contributed by atoms with Crippen molar-refractivity contribution in [3.63, 3.8) is 0 Å². The van der Waals surface area contributed by atoms with E-state index in [9.17, 15) is 9.18 Å². The van der Waals surface area contributed by atoms with Gasteiger partial charge in [0.2, 0.25) is 0 Å². The molecule has 1 aromatic rings. The maximum atomic E-state index is 12.9. The van der Waals surface area contributed by atoms with E-state index in [4.69, 9.17) is 0 Å². The smallest absolute Gasteiger partial charge is 0.319 e. The summed E-state index contributed by atoms with van der Waals surface area (Å²) in [6.45, 7) is 1.96. The molecule has 17 heavy (non-hydrogen) atoms. The Balaban J connectivity index is 1.54. The van der Waals surface area contributed by atoms with Gasteiger partial charge in [-0.05, 0) is 30.0 Å².